The standard InChI is InChI=1S/C14H14N2O3/c17-13(18)12-9-19-14(15-12)16-7-6-11(8-16)10-4-2-1-3-5-10/h1-5,9,11H,6-8H2,(H,17,18). The summed E-state index contributed by atoms with van der Waals surface area (Å²) in [6, 6.07) is 10.7. The molecule has 19 heavy (non-hydrogen) atoms. The molecule has 2 heterocycles. The number of carbonyl (C=O) groups is 1. The largest absolute Gasteiger partial charge is 0.476 e. The Labute approximate surface area is 110 Å². The van der Waals surface area contributed by atoms with Crippen LogP contribution in [0.15, 0.2) is 41.0 Å². The first-order valence-corrected chi connectivity index (χ1v) is 6.23. The van der Waals surface area contributed by atoms with Gasteiger partial charge in [-0.05, 0) is 12.0 Å². The predicted octanol–water partition coefficient (Wildman–Crippen LogP) is 2.37. The summed E-state index contributed by atoms with van der Waals surface area (Å²) in [6.07, 6.45) is 2.21. The molecule has 0 spiro atoms. The van der Waals surface area contributed by atoms with Gasteiger partial charge in [-0.1, -0.05) is 30.3 Å². The number of rotatable bonds is 3. The van der Waals surface area contributed by atoms with Crippen LogP contribution in [0, 0.1) is 0 Å². The maximum Gasteiger partial charge on any atom is 0.357 e. The topological polar surface area (TPSA) is 66.6 Å². The number of hydrogen-bond acceptors (Lipinski definition) is 4. The van der Waals surface area contributed by atoms with Crippen molar-refractivity contribution in [2.45, 2.75) is 12.3 Å². The average Bonchev–Trinajstić information content (AvgIpc) is 3.09. The van der Waals surface area contributed by atoms with Crippen LogP contribution < -0.4 is 4.90 Å². The summed E-state index contributed by atoms with van der Waals surface area (Å²) in [5.74, 6) is -0.616. The van der Waals surface area contributed by atoms with Crippen LogP contribution in [0.4, 0.5) is 6.01 Å². The molecule has 1 fully saturated rings. The van der Waals surface area contributed by atoms with Gasteiger partial charge >= 0.3 is 5.97 Å². The van der Waals surface area contributed by atoms with Gasteiger partial charge in [0.15, 0.2) is 5.69 Å². The molecule has 1 aromatic carbocycles. The Hall–Kier alpha value is -2.30. The number of nitrogens with zero attached hydrogens (tertiary/aromatic N) is 2. The Morgan fingerprint density at radius 3 is 2.84 bits per heavy atom. The van der Waals surface area contributed by atoms with E-state index in [1.165, 1.54) is 11.8 Å². The minimum Gasteiger partial charge on any atom is -0.476 e. The lowest BCUT2D eigenvalue weighted by molar-refractivity contribution is 0.0690. The van der Waals surface area contributed by atoms with Gasteiger partial charge in [0.1, 0.15) is 6.26 Å². The van der Waals surface area contributed by atoms with Crippen molar-refractivity contribution in [3.8, 4) is 0 Å². The highest BCUT2D eigenvalue weighted by molar-refractivity contribution is 5.85. The highest BCUT2D eigenvalue weighted by Gasteiger charge is 2.27. The smallest absolute Gasteiger partial charge is 0.357 e. The summed E-state index contributed by atoms with van der Waals surface area (Å²) in [5, 5.41) is 8.83. The molecule has 98 valence electrons. The van der Waals surface area contributed by atoms with Gasteiger partial charge < -0.3 is 14.4 Å². The van der Waals surface area contributed by atoms with Crippen molar-refractivity contribution < 1.29 is 14.3 Å². The van der Waals surface area contributed by atoms with E-state index in [0.717, 1.165) is 19.5 Å². The second-order valence-corrected chi connectivity index (χ2v) is 4.66. The third kappa shape index (κ3) is 2.31. The molecule has 0 saturated carbocycles. The molecule has 1 saturated heterocycles. The van der Waals surface area contributed by atoms with E-state index in [2.05, 4.69) is 17.1 Å². The number of anilines is 1. The lowest BCUT2D eigenvalue weighted by Crippen LogP contribution is -2.19. The zero-order valence-electron chi connectivity index (χ0n) is 10.3. The van der Waals surface area contributed by atoms with E-state index in [1.54, 1.807) is 0 Å². The van der Waals surface area contributed by atoms with Gasteiger partial charge in [0, 0.05) is 19.0 Å². The maximum atomic E-state index is 10.8. The van der Waals surface area contributed by atoms with Crippen molar-refractivity contribution in [1.82, 2.24) is 4.98 Å². The lowest BCUT2D eigenvalue weighted by atomic mass is 9.99. The summed E-state index contributed by atoms with van der Waals surface area (Å²) >= 11 is 0. The fraction of sp³-hybridized carbons (Fsp3) is 0.286. The second-order valence-electron chi connectivity index (χ2n) is 4.66. The SMILES string of the molecule is O=C(O)c1coc(N2CCC(c3ccccc3)C2)n1. The number of oxazole rings is 1. The Morgan fingerprint density at radius 2 is 2.16 bits per heavy atom. The van der Waals surface area contributed by atoms with Crippen LogP contribution in [0.1, 0.15) is 28.4 Å². The molecule has 5 heteroatoms. The van der Waals surface area contributed by atoms with Crippen LogP contribution in [-0.2, 0) is 0 Å². The van der Waals surface area contributed by atoms with Gasteiger partial charge in [0.2, 0.25) is 0 Å². The lowest BCUT2D eigenvalue weighted by Gasteiger charge is -2.13. The van der Waals surface area contributed by atoms with E-state index in [-0.39, 0.29) is 5.69 Å². The Kier molecular flexibility index (Phi) is 2.95. The van der Waals surface area contributed by atoms with E-state index >= 15 is 0 Å². The van der Waals surface area contributed by atoms with Crippen molar-refractivity contribution in [1.29, 1.82) is 0 Å². The molecule has 5 nitrogen and oxygen atoms in total. The first-order chi connectivity index (χ1) is 9.24. The number of hydrogen-bond donors (Lipinski definition) is 1. The fourth-order valence-electron chi connectivity index (χ4n) is 2.44. The molecular formula is C14H14N2O3. The Bertz CT molecular complexity index is 579. The third-order valence-corrected chi connectivity index (χ3v) is 3.44. The molecule has 0 bridgehead atoms. The molecule has 3 rings (SSSR count). The average molecular weight is 258 g/mol. The number of carboxylic acids is 1. The van der Waals surface area contributed by atoms with Gasteiger partial charge in [-0.2, -0.15) is 4.98 Å². The van der Waals surface area contributed by atoms with E-state index in [1.807, 2.05) is 23.1 Å². The van der Waals surface area contributed by atoms with Crippen LogP contribution in [0.2, 0.25) is 0 Å². The first kappa shape index (κ1) is 11.8. The highest BCUT2D eigenvalue weighted by atomic mass is 16.4. The zero-order chi connectivity index (χ0) is 13.2. The van der Waals surface area contributed by atoms with Crippen molar-refractivity contribution >= 4 is 12.0 Å². The summed E-state index contributed by atoms with van der Waals surface area (Å²) in [4.78, 5) is 16.7. The van der Waals surface area contributed by atoms with Gasteiger partial charge in [-0.25, -0.2) is 4.79 Å². The van der Waals surface area contributed by atoms with E-state index in [4.69, 9.17) is 9.52 Å². The van der Waals surface area contributed by atoms with Gasteiger partial charge in [0.25, 0.3) is 6.01 Å². The molecule has 0 aliphatic carbocycles. The van der Waals surface area contributed by atoms with Crippen molar-refractivity contribution in [3.05, 3.63) is 47.9 Å². The quantitative estimate of drug-likeness (QED) is 0.915. The van der Waals surface area contributed by atoms with Crippen LogP contribution in [-0.4, -0.2) is 29.1 Å². The molecule has 2 aromatic rings. The number of aromatic carboxylic acids is 1. The maximum absolute atomic E-state index is 10.8. The summed E-state index contributed by atoms with van der Waals surface area (Å²) in [6.45, 7) is 1.64. The van der Waals surface area contributed by atoms with E-state index in [9.17, 15) is 4.79 Å². The molecule has 1 aromatic heterocycles. The van der Waals surface area contributed by atoms with Gasteiger partial charge in [0.05, 0.1) is 0 Å². The van der Waals surface area contributed by atoms with E-state index in [0.29, 0.717) is 11.9 Å². The third-order valence-electron chi connectivity index (χ3n) is 3.44. The van der Waals surface area contributed by atoms with Crippen LogP contribution >= 0.6 is 0 Å². The van der Waals surface area contributed by atoms with Crippen LogP contribution in [0.5, 0.6) is 0 Å². The predicted molar refractivity (Wildman–Crippen MR) is 69.5 cm³/mol. The fourth-order valence-corrected chi connectivity index (χ4v) is 2.44. The first-order valence-electron chi connectivity index (χ1n) is 6.23. The van der Waals surface area contributed by atoms with E-state index < -0.39 is 5.97 Å². The number of benzene rings is 1. The van der Waals surface area contributed by atoms with Crippen LogP contribution in [0.3, 0.4) is 0 Å². The minimum atomic E-state index is -1.06. The highest BCUT2D eigenvalue weighted by Crippen LogP contribution is 2.30. The second kappa shape index (κ2) is 4.76. The monoisotopic (exact) mass is 258 g/mol. The number of aromatic nitrogens is 1. The molecule has 1 N–H and O–H groups in total. The van der Waals surface area contributed by atoms with Gasteiger partial charge in [-0.3, -0.25) is 0 Å². The normalized spacial score (nSPS) is 18.7. The molecule has 1 aliphatic heterocycles. The Morgan fingerprint density at radius 1 is 1.37 bits per heavy atom. The zero-order valence-corrected chi connectivity index (χ0v) is 10.3. The molecule has 0 amide bonds. The molecule has 1 atom stereocenters. The minimum absolute atomic E-state index is 0.0434. The van der Waals surface area contributed by atoms with Crippen LogP contribution in [0.25, 0.3) is 0 Å². The molecule has 1 aliphatic rings. The Balaban J connectivity index is 1.73. The number of carboxylic acid groups (broad SMARTS) is 1. The summed E-state index contributed by atoms with van der Waals surface area (Å²) in [5.41, 5.74) is 1.26. The summed E-state index contributed by atoms with van der Waals surface area (Å²) in [7, 11) is 0. The van der Waals surface area contributed by atoms with Crippen molar-refractivity contribution in [2.24, 2.45) is 0 Å². The van der Waals surface area contributed by atoms with Gasteiger partial charge in [-0.15, -0.1) is 0 Å². The molecular weight excluding hydrogens is 244 g/mol. The summed E-state index contributed by atoms with van der Waals surface area (Å²) < 4.78 is 5.23. The van der Waals surface area contributed by atoms with Crippen molar-refractivity contribution in [2.75, 3.05) is 18.0 Å². The molecule has 1 unspecified atom stereocenters. The van der Waals surface area contributed by atoms with Crippen molar-refractivity contribution in [3.63, 3.8) is 0 Å². The molecule has 0 radical (unpaired) electrons.